The van der Waals surface area contributed by atoms with Crippen LogP contribution in [0.4, 0.5) is 4.79 Å². The number of nitrogens with one attached hydrogen (secondary N) is 1. The predicted molar refractivity (Wildman–Crippen MR) is 72.6 cm³/mol. The van der Waals surface area contributed by atoms with Gasteiger partial charge in [0.15, 0.2) is 0 Å². The van der Waals surface area contributed by atoms with Gasteiger partial charge < -0.3 is 10.1 Å². The van der Waals surface area contributed by atoms with E-state index in [0.717, 1.165) is 19.4 Å². The van der Waals surface area contributed by atoms with Gasteiger partial charge in [-0.3, -0.25) is 9.69 Å². The molecule has 10 heteroatoms. The Morgan fingerprint density at radius 1 is 1.52 bits per heavy atom. The molecular formula is C11H16N6O3S. The van der Waals surface area contributed by atoms with E-state index in [0.29, 0.717) is 24.8 Å². The second-order valence-electron chi connectivity index (χ2n) is 4.84. The van der Waals surface area contributed by atoms with E-state index in [2.05, 4.69) is 20.8 Å². The molecule has 2 saturated heterocycles. The van der Waals surface area contributed by atoms with Crippen LogP contribution in [-0.4, -0.2) is 68.6 Å². The zero-order valence-electron chi connectivity index (χ0n) is 11.4. The Hall–Kier alpha value is -1.68. The van der Waals surface area contributed by atoms with Gasteiger partial charge in [0.2, 0.25) is 11.1 Å². The third-order valence-electron chi connectivity index (χ3n) is 3.38. The van der Waals surface area contributed by atoms with Crippen molar-refractivity contribution in [3.63, 3.8) is 0 Å². The molecule has 2 aliphatic heterocycles. The zero-order chi connectivity index (χ0) is 14.7. The number of carbonyl (C=O) groups is 2. The van der Waals surface area contributed by atoms with Crippen LogP contribution in [-0.2, 0) is 16.1 Å². The standard InChI is InChI=1S/C11H16N6O3S/c18-9(16-4-3-12-10(16)19)7-21-11-13-14-15-17(11)6-8-2-1-5-20-8/h8H,1-7H2,(H,12,19)/t8-/m1/s1. The molecular weight excluding hydrogens is 296 g/mol. The maximum absolute atomic E-state index is 11.9. The minimum Gasteiger partial charge on any atom is -0.376 e. The average molecular weight is 312 g/mol. The third-order valence-corrected chi connectivity index (χ3v) is 4.32. The number of imide groups is 1. The number of aromatic nitrogens is 4. The number of thioether (sulfide) groups is 1. The number of rotatable bonds is 5. The van der Waals surface area contributed by atoms with Gasteiger partial charge in [-0.05, 0) is 23.3 Å². The molecule has 2 aliphatic rings. The molecule has 0 saturated carbocycles. The molecule has 1 aromatic heterocycles. The van der Waals surface area contributed by atoms with E-state index in [9.17, 15) is 9.59 Å². The van der Waals surface area contributed by atoms with Gasteiger partial charge >= 0.3 is 6.03 Å². The fraction of sp³-hybridized carbons (Fsp3) is 0.727. The van der Waals surface area contributed by atoms with Crippen LogP contribution >= 0.6 is 11.8 Å². The molecule has 3 amide bonds. The maximum atomic E-state index is 11.9. The number of hydrogen-bond acceptors (Lipinski definition) is 7. The molecule has 0 aromatic carbocycles. The monoisotopic (exact) mass is 312 g/mol. The number of urea groups is 1. The van der Waals surface area contributed by atoms with E-state index in [1.54, 1.807) is 4.68 Å². The second kappa shape index (κ2) is 6.39. The number of tetrazole rings is 1. The van der Waals surface area contributed by atoms with Gasteiger partial charge in [-0.25, -0.2) is 9.48 Å². The van der Waals surface area contributed by atoms with Crippen LogP contribution in [0.2, 0.25) is 0 Å². The highest BCUT2D eigenvalue weighted by Crippen LogP contribution is 2.19. The Morgan fingerprint density at radius 3 is 3.14 bits per heavy atom. The highest BCUT2D eigenvalue weighted by atomic mass is 32.2. The molecule has 21 heavy (non-hydrogen) atoms. The van der Waals surface area contributed by atoms with Crippen LogP contribution in [0.1, 0.15) is 12.8 Å². The average Bonchev–Trinajstić information content (AvgIpc) is 3.19. The van der Waals surface area contributed by atoms with Gasteiger partial charge in [-0.1, -0.05) is 11.8 Å². The van der Waals surface area contributed by atoms with Crippen molar-refractivity contribution in [1.82, 2.24) is 30.4 Å². The Balaban J connectivity index is 1.54. The van der Waals surface area contributed by atoms with E-state index in [4.69, 9.17) is 4.74 Å². The number of nitrogens with zero attached hydrogens (tertiary/aromatic N) is 5. The van der Waals surface area contributed by atoms with Crippen molar-refractivity contribution in [3.8, 4) is 0 Å². The molecule has 9 nitrogen and oxygen atoms in total. The smallest absolute Gasteiger partial charge is 0.324 e. The van der Waals surface area contributed by atoms with Crippen LogP contribution in [0.25, 0.3) is 0 Å². The fourth-order valence-corrected chi connectivity index (χ4v) is 3.07. The summed E-state index contributed by atoms with van der Waals surface area (Å²) in [6, 6.07) is -0.334. The summed E-state index contributed by atoms with van der Waals surface area (Å²) in [7, 11) is 0. The first kappa shape index (κ1) is 14.3. The Kier molecular flexibility index (Phi) is 4.34. The number of hydrogen-bond donors (Lipinski definition) is 1. The molecule has 3 heterocycles. The van der Waals surface area contributed by atoms with E-state index in [1.807, 2.05) is 0 Å². The molecule has 1 aromatic rings. The molecule has 0 spiro atoms. The van der Waals surface area contributed by atoms with Crippen molar-refractivity contribution < 1.29 is 14.3 Å². The predicted octanol–water partition coefficient (Wildman–Crippen LogP) is -0.504. The summed E-state index contributed by atoms with van der Waals surface area (Å²) in [5.41, 5.74) is 0. The summed E-state index contributed by atoms with van der Waals surface area (Å²) in [6.45, 7) is 2.29. The molecule has 2 fully saturated rings. The highest BCUT2D eigenvalue weighted by Gasteiger charge is 2.26. The molecule has 1 atom stereocenters. The van der Waals surface area contributed by atoms with Crippen molar-refractivity contribution in [3.05, 3.63) is 0 Å². The Bertz CT molecular complexity index is 530. The largest absolute Gasteiger partial charge is 0.376 e. The number of amides is 3. The fourth-order valence-electron chi connectivity index (χ4n) is 2.31. The lowest BCUT2D eigenvalue weighted by molar-refractivity contribution is -0.124. The lowest BCUT2D eigenvalue weighted by Crippen LogP contribution is -2.35. The maximum Gasteiger partial charge on any atom is 0.324 e. The normalized spacial score (nSPS) is 21.8. The van der Waals surface area contributed by atoms with Crippen LogP contribution < -0.4 is 5.32 Å². The van der Waals surface area contributed by atoms with Crippen molar-refractivity contribution >= 4 is 23.7 Å². The van der Waals surface area contributed by atoms with Crippen molar-refractivity contribution in [1.29, 1.82) is 0 Å². The molecule has 3 rings (SSSR count). The van der Waals surface area contributed by atoms with Crippen LogP contribution in [0.15, 0.2) is 5.16 Å². The lowest BCUT2D eigenvalue weighted by atomic mass is 10.2. The molecule has 0 aliphatic carbocycles. The van der Waals surface area contributed by atoms with E-state index >= 15 is 0 Å². The number of ether oxygens (including phenoxy) is 1. The van der Waals surface area contributed by atoms with E-state index < -0.39 is 0 Å². The van der Waals surface area contributed by atoms with Gasteiger partial charge in [0.1, 0.15) is 0 Å². The molecule has 0 radical (unpaired) electrons. The minimum absolute atomic E-state index is 0.132. The summed E-state index contributed by atoms with van der Waals surface area (Å²) >= 11 is 1.23. The van der Waals surface area contributed by atoms with Gasteiger partial charge in [-0.15, -0.1) is 5.10 Å². The Labute approximate surface area is 125 Å². The highest BCUT2D eigenvalue weighted by molar-refractivity contribution is 7.99. The van der Waals surface area contributed by atoms with Crippen LogP contribution in [0, 0.1) is 0 Å². The first-order chi connectivity index (χ1) is 10.2. The molecule has 1 N–H and O–H groups in total. The summed E-state index contributed by atoms with van der Waals surface area (Å²) < 4.78 is 7.20. The lowest BCUT2D eigenvalue weighted by Gasteiger charge is -2.12. The molecule has 0 unspecified atom stereocenters. The first-order valence-corrected chi connectivity index (χ1v) is 7.81. The molecule has 114 valence electrons. The van der Waals surface area contributed by atoms with Crippen LogP contribution in [0.3, 0.4) is 0 Å². The SMILES string of the molecule is O=C(CSc1nnnn1C[C@H]1CCCO1)N1CCNC1=O. The van der Waals surface area contributed by atoms with Crippen molar-refractivity contribution in [2.45, 2.75) is 30.6 Å². The van der Waals surface area contributed by atoms with Crippen molar-refractivity contribution in [2.75, 3.05) is 25.4 Å². The molecule has 0 bridgehead atoms. The second-order valence-corrected chi connectivity index (χ2v) is 5.79. The summed E-state index contributed by atoms with van der Waals surface area (Å²) in [5.74, 6) is -0.0964. The third kappa shape index (κ3) is 3.32. The number of carbonyl (C=O) groups excluding carboxylic acids is 2. The van der Waals surface area contributed by atoms with Crippen molar-refractivity contribution in [2.24, 2.45) is 0 Å². The van der Waals surface area contributed by atoms with E-state index in [-0.39, 0.29) is 23.8 Å². The van der Waals surface area contributed by atoms with Gasteiger partial charge in [0.05, 0.1) is 18.4 Å². The van der Waals surface area contributed by atoms with E-state index in [1.165, 1.54) is 16.7 Å². The summed E-state index contributed by atoms with van der Waals surface area (Å²) in [6.07, 6.45) is 2.18. The van der Waals surface area contributed by atoms with Gasteiger partial charge in [0.25, 0.3) is 0 Å². The van der Waals surface area contributed by atoms with Gasteiger partial charge in [-0.2, -0.15) is 0 Å². The first-order valence-electron chi connectivity index (χ1n) is 6.83. The van der Waals surface area contributed by atoms with Gasteiger partial charge in [0, 0.05) is 19.7 Å². The summed E-state index contributed by atoms with van der Waals surface area (Å²) in [4.78, 5) is 24.6. The summed E-state index contributed by atoms with van der Waals surface area (Å²) in [5, 5.41) is 14.6. The topological polar surface area (TPSA) is 102 Å². The Morgan fingerprint density at radius 2 is 2.43 bits per heavy atom. The van der Waals surface area contributed by atoms with Crippen LogP contribution in [0.5, 0.6) is 0 Å². The quantitative estimate of drug-likeness (QED) is 0.731. The minimum atomic E-state index is -0.334. The zero-order valence-corrected chi connectivity index (χ0v) is 12.2.